The second-order valence-corrected chi connectivity index (χ2v) is 10.0. The van der Waals surface area contributed by atoms with Crippen LogP contribution in [0.5, 0.6) is 23.0 Å². The smallest absolute Gasteiger partial charge is 0.161 e. The first-order valence-corrected chi connectivity index (χ1v) is 12.7. The number of aromatic hydroxyl groups is 1. The number of nitrogens with one attached hydrogen (secondary N) is 1. The van der Waals surface area contributed by atoms with Gasteiger partial charge in [-0.05, 0) is 90.6 Å². The number of benzene rings is 2. The molecule has 0 radical (unpaired) electrons. The summed E-state index contributed by atoms with van der Waals surface area (Å²) in [7, 11) is 5.04. The van der Waals surface area contributed by atoms with Crippen LogP contribution in [0.15, 0.2) is 24.3 Å². The van der Waals surface area contributed by atoms with Crippen LogP contribution < -0.4 is 19.5 Å². The highest BCUT2D eigenvalue weighted by Gasteiger charge is 2.40. The Hall–Kier alpha value is -2.44. The van der Waals surface area contributed by atoms with Crippen molar-refractivity contribution >= 4 is 0 Å². The lowest BCUT2D eigenvalue weighted by atomic mass is 9.72. The highest BCUT2D eigenvalue weighted by atomic mass is 16.5. The van der Waals surface area contributed by atoms with Crippen LogP contribution in [-0.4, -0.2) is 51.0 Å². The van der Waals surface area contributed by atoms with Gasteiger partial charge in [0, 0.05) is 25.2 Å². The van der Waals surface area contributed by atoms with Crippen molar-refractivity contribution in [1.29, 1.82) is 0 Å². The van der Waals surface area contributed by atoms with Gasteiger partial charge in [0.15, 0.2) is 23.0 Å². The van der Waals surface area contributed by atoms with Crippen LogP contribution in [0, 0.1) is 11.8 Å². The molecule has 4 atom stereocenters. The predicted molar refractivity (Wildman–Crippen MR) is 133 cm³/mol. The van der Waals surface area contributed by atoms with Gasteiger partial charge >= 0.3 is 0 Å². The van der Waals surface area contributed by atoms with E-state index >= 15 is 0 Å². The Morgan fingerprint density at radius 2 is 1.62 bits per heavy atom. The second kappa shape index (κ2) is 9.67. The molecule has 0 aliphatic carbocycles. The Balaban J connectivity index is 1.42. The van der Waals surface area contributed by atoms with Crippen molar-refractivity contribution in [3.05, 3.63) is 46.5 Å². The van der Waals surface area contributed by atoms with E-state index in [9.17, 15) is 5.11 Å². The van der Waals surface area contributed by atoms with Gasteiger partial charge in [-0.3, -0.25) is 4.90 Å². The summed E-state index contributed by atoms with van der Waals surface area (Å²) in [5.74, 6) is 3.74. The molecule has 1 saturated heterocycles. The maximum Gasteiger partial charge on any atom is 0.161 e. The molecule has 4 unspecified atom stereocenters. The van der Waals surface area contributed by atoms with E-state index in [0.29, 0.717) is 29.7 Å². The van der Waals surface area contributed by atoms with Crippen molar-refractivity contribution in [2.24, 2.45) is 11.8 Å². The zero-order valence-corrected chi connectivity index (χ0v) is 20.9. The van der Waals surface area contributed by atoms with Crippen LogP contribution in [0.2, 0.25) is 0 Å². The largest absolute Gasteiger partial charge is 0.504 e. The van der Waals surface area contributed by atoms with Gasteiger partial charge in [-0.15, -0.1) is 0 Å². The molecule has 0 bridgehead atoms. The third kappa shape index (κ3) is 4.11. The van der Waals surface area contributed by atoms with Crippen molar-refractivity contribution in [2.45, 2.75) is 51.1 Å². The number of methoxy groups -OCH3 is 3. The molecule has 2 aromatic carbocycles. The molecule has 2 N–H and O–H groups in total. The first kappa shape index (κ1) is 23.3. The fourth-order valence-electron chi connectivity index (χ4n) is 6.59. The summed E-state index contributed by atoms with van der Waals surface area (Å²) in [4.78, 5) is 2.65. The number of nitrogens with zero attached hydrogens (tertiary/aromatic N) is 1. The summed E-state index contributed by atoms with van der Waals surface area (Å²) in [5.41, 5.74) is 5.33. The van der Waals surface area contributed by atoms with E-state index in [0.717, 1.165) is 56.8 Å². The van der Waals surface area contributed by atoms with Gasteiger partial charge in [0.05, 0.1) is 21.3 Å². The number of phenols is 1. The predicted octanol–water partition coefficient (Wildman–Crippen LogP) is 4.64. The second-order valence-electron chi connectivity index (χ2n) is 10.0. The molecule has 34 heavy (non-hydrogen) atoms. The fourth-order valence-corrected chi connectivity index (χ4v) is 6.59. The van der Waals surface area contributed by atoms with E-state index in [4.69, 9.17) is 14.2 Å². The lowest BCUT2D eigenvalue weighted by Crippen LogP contribution is -2.46. The number of hydrogen-bond acceptors (Lipinski definition) is 6. The van der Waals surface area contributed by atoms with E-state index in [1.165, 1.54) is 28.7 Å². The molecule has 2 aromatic rings. The van der Waals surface area contributed by atoms with Crippen LogP contribution in [0.1, 0.15) is 60.5 Å². The summed E-state index contributed by atoms with van der Waals surface area (Å²) in [6, 6.07) is 9.03. The number of ether oxygens (including phenoxy) is 3. The third-order valence-electron chi connectivity index (χ3n) is 8.44. The van der Waals surface area contributed by atoms with Crippen molar-refractivity contribution in [1.82, 2.24) is 10.2 Å². The Bertz CT molecular complexity index is 1040. The van der Waals surface area contributed by atoms with Crippen LogP contribution in [0.4, 0.5) is 0 Å². The molecule has 6 nitrogen and oxygen atoms in total. The van der Waals surface area contributed by atoms with Gasteiger partial charge in [0.1, 0.15) is 0 Å². The highest BCUT2D eigenvalue weighted by Crippen LogP contribution is 2.47. The number of hydrogen-bond donors (Lipinski definition) is 2. The molecule has 0 amide bonds. The average molecular weight is 467 g/mol. The third-order valence-corrected chi connectivity index (χ3v) is 8.44. The summed E-state index contributed by atoms with van der Waals surface area (Å²) in [6.07, 6.45) is 5.46. The number of piperidine rings is 1. The average Bonchev–Trinajstić information content (AvgIpc) is 2.87. The first-order valence-electron chi connectivity index (χ1n) is 12.7. The van der Waals surface area contributed by atoms with E-state index in [1.54, 1.807) is 21.3 Å². The van der Waals surface area contributed by atoms with Crippen LogP contribution >= 0.6 is 0 Å². The minimum absolute atomic E-state index is 0.251. The lowest BCUT2D eigenvalue weighted by molar-refractivity contribution is 0.0434. The molecular weight excluding hydrogens is 428 g/mol. The van der Waals surface area contributed by atoms with Crippen LogP contribution in [-0.2, 0) is 12.8 Å². The van der Waals surface area contributed by atoms with E-state index in [2.05, 4.69) is 29.3 Å². The summed E-state index contributed by atoms with van der Waals surface area (Å²) in [5, 5.41) is 14.3. The van der Waals surface area contributed by atoms with Crippen molar-refractivity contribution in [3.8, 4) is 23.0 Å². The number of fused-ring (bicyclic) bond motifs is 4. The topological polar surface area (TPSA) is 63.2 Å². The van der Waals surface area contributed by atoms with Crippen molar-refractivity contribution in [2.75, 3.05) is 41.0 Å². The molecule has 1 fully saturated rings. The molecule has 3 aliphatic heterocycles. The molecule has 3 aliphatic rings. The quantitative estimate of drug-likeness (QED) is 0.647. The molecule has 5 rings (SSSR count). The van der Waals surface area contributed by atoms with E-state index in [-0.39, 0.29) is 5.75 Å². The van der Waals surface area contributed by atoms with Crippen LogP contribution in [0.3, 0.4) is 0 Å². The first-order chi connectivity index (χ1) is 16.6. The minimum atomic E-state index is 0.251. The Morgan fingerprint density at radius 1 is 0.912 bits per heavy atom. The van der Waals surface area contributed by atoms with Crippen LogP contribution in [0.25, 0.3) is 0 Å². The summed E-state index contributed by atoms with van der Waals surface area (Å²) in [6.45, 7) is 5.53. The van der Waals surface area contributed by atoms with Gasteiger partial charge in [-0.2, -0.15) is 0 Å². The summed E-state index contributed by atoms with van der Waals surface area (Å²) >= 11 is 0. The van der Waals surface area contributed by atoms with E-state index < -0.39 is 0 Å². The molecule has 6 heteroatoms. The summed E-state index contributed by atoms with van der Waals surface area (Å²) < 4.78 is 16.6. The molecule has 0 spiro atoms. The Morgan fingerprint density at radius 3 is 2.35 bits per heavy atom. The lowest BCUT2D eigenvalue weighted by Gasteiger charge is -2.48. The molecule has 0 saturated carbocycles. The van der Waals surface area contributed by atoms with Crippen molar-refractivity contribution in [3.63, 3.8) is 0 Å². The molecule has 184 valence electrons. The van der Waals surface area contributed by atoms with Gasteiger partial charge in [0.2, 0.25) is 0 Å². The number of rotatable bonds is 6. The zero-order chi connectivity index (χ0) is 23.8. The highest BCUT2D eigenvalue weighted by molar-refractivity contribution is 5.50. The normalized spacial score (nSPS) is 26.2. The maximum absolute atomic E-state index is 10.5. The molecule has 0 aromatic heterocycles. The minimum Gasteiger partial charge on any atom is -0.504 e. The SMILES string of the molecule is CCC1CN2CCc3cc(OC)c(O)cc3C2CC1CC1NCCc2cc(OC)c(OC)cc21. The zero-order valence-electron chi connectivity index (χ0n) is 20.9. The maximum atomic E-state index is 10.5. The monoisotopic (exact) mass is 466 g/mol. The Labute approximate surface area is 203 Å². The van der Waals surface area contributed by atoms with Gasteiger partial charge in [-0.1, -0.05) is 13.3 Å². The Kier molecular flexibility index (Phi) is 6.63. The van der Waals surface area contributed by atoms with Gasteiger partial charge in [0.25, 0.3) is 0 Å². The molecule has 3 heterocycles. The number of phenolic OH excluding ortho intramolecular Hbond substituents is 1. The van der Waals surface area contributed by atoms with Gasteiger partial charge < -0.3 is 24.6 Å². The van der Waals surface area contributed by atoms with E-state index in [1.807, 2.05) is 12.1 Å². The van der Waals surface area contributed by atoms with Gasteiger partial charge in [-0.25, -0.2) is 0 Å². The standard InChI is InChI=1S/C28H38N2O4/c1-5-17-16-30-9-7-19-12-26(32-2)25(31)14-22(19)24(30)11-20(17)10-23-21-15-28(34-4)27(33-3)13-18(21)6-8-29-23/h12-15,17,20,23-24,29,31H,5-11,16H2,1-4H3. The van der Waals surface area contributed by atoms with Crippen molar-refractivity contribution < 1.29 is 19.3 Å². The molecular formula is C28H38N2O4. The fraction of sp³-hybridized carbons (Fsp3) is 0.571.